The van der Waals surface area contributed by atoms with Gasteiger partial charge in [0, 0.05) is 5.56 Å². The van der Waals surface area contributed by atoms with Gasteiger partial charge in [-0.2, -0.15) is 9.78 Å². The topological polar surface area (TPSA) is 137 Å². The Morgan fingerprint density at radius 1 is 1.24 bits per heavy atom. The number of hydrazone groups is 1. The minimum atomic E-state index is -0.480. The van der Waals surface area contributed by atoms with Crippen LogP contribution in [-0.4, -0.2) is 37.4 Å². The highest BCUT2D eigenvalue weighted by Gasteiger charge is 2.23. The fraction of sp³-hybridized carbons (Fsp3) is 0.158. The predicted octanol–water partition coefficient (Wildman–Crippen LogP) is 2.10. The number of carbonyl (C=O) groups is 1. The van der Waals surface area contributed by atoms with Crippen LogP contribution in [0.3, 0.4) is 0 Å². The second-order valence-electron chi connectivity index (χ2n) is 6.29. The molecule has 1 amide bonds. The molecule has 4 rings (SSSR count). The summed E-state index contributed by atoms with van der Waals surface area (Å²) in [7, 11) is 0. The first-order valence-electron chi connectivity index (χ1n) is 9.03. The molecule has 0 saturated heterocycles. The van der Waals surface area contributed by atoms with Crippen molar-refractivity contribution in [1.82, 2.24) is 30.7 Å². The second-order valence-corrected chi connectivity index (χ2v) is 6.29. The van der Waals surface area contributed by atoms with E-state index in [9.17, 15) is 4.79 Å². The fourth-order valence-electron chi connectivity index (χ4n) is 3.02. The molecule has 0 aliphatic rings. The molecule has 0 aliphatic heterocycles. The number of hydrogen-bond donors (Lipinski definition) is 2. The van der Waals surface area contributed by atoms with Crippen LogP contribution >= 0.6 is 0 Å². The number of nitrogen functional groups attached to an aromatic ring is 1. The van der Waals surface area contributed by atoms with E-state index < -0.39 is 5.91 Å². The van der Waals surface area contributed by atoms with Crippen LogP contribution in [-0.2, 0) is 6.42 Å². The lowest BCUT2D eigenvalue weighted by atomic mass is 10.1. The lowest BCUT2D eigenvalue weighted by Crippen LogP contribution is -2.20. The second kappa shape index (κ2) is 7.89. The van der Waals surface area contributed by atoms with Crippen LogP contribution in [0.25, 0.3) is 16.6 Å². The number of amides is 1. The van der Waals surface area contributed by atoms with E-state index in [0.29, 0.717) is 12.1 Å². The summed E-state index contributed by atoms with van der Waals surface area (Å²) in [6, 6.07) is 13.8. The maximum Gasteiger partial charge on any atom is 0.293 e. The number of nitrogens with two attached hydrogens (primary N) is 1. The number of nitrogens with zero attached hydrogens (tertiary/aromatic N) is 6. The summed E-state index contributed by atoms with van der Waals surface area (Å²) in [6.45, 7) is 1.97. The molecule has 0 radical (unpaired) electrons. The smallest absolute Gasteiger partial charge is 0.293 e. The quantitative estimate of drug-likeness (QED) is 0.380. The highest BCUT2D eigenvalue weighted by molar-refractivity contribution is 6.00. The van der Waals surface area contributed by atoms with Crippen LogP contribution in [0, 0.1) is 0 Å². The van der Waals surface area contributed by atoms with Crippen molar-refractivity contribution >= 4 is 28.7 Å². The van der Waals surface area contributed by atoms with E-state index in [0.717, 1.165) is 22.8 Å². The van der Waals surface area contributed by atoms with Gasteiger partial charge in [-0.05, 0) is 27.5 Å². The Labute approximate surface area is 165 Å². The van der Waals surface area contributed by atoms with E-state index >= 15 is 0 Å². The molecular formula is C19H18N8O2. The largest absolute Gasteiger partial charge is 0.378 e. The third kappa shape index (κ3) is 3.55. The van der Waals surface area contributed by atoms with E-state index in [4.69, 9.17) is 5.73 Å². The summed E-state index contributed by atoms with van der Waals surface area (Å²) in [5.41, 5.74) is 9.82. The summed E-state index contributed by atoms with van der Waals surface area (Å²) in [5.74, 6) is -0.223. The standard InChI is InChI=1S/C19H18N8O2/c1-2-6-15-16(22-26-27(15)18-17(20)24-29-25-18)19(28)23-21-11-13-9-5-8-12-7-3-4-10-14(12)13/h3-5,7-11H,2,6H2,1H3,(H2,20,24)(H,23,28)/b21-11-. The van der Waals surface area contributed by atoms with Gasteiger partial charge in [0.2, 0.25) is 11.6 Å². The molecule has 3 N–H and O–H groups in total. The van der Waals surface area contributed by atoms with Crippen LogP contribution in [0.5, 0.6) is 0 Å². The van der Waals surface area contributed by atoms with Crippen molar-refractivity contribution in [3.63, 3.8) is 0 Å². The molecule has 0 atom stereocenters. The Morgan fingerprint density at radius 2 is 2.07 bits per heavy atom. The Hall–Kier alpha value is -4.08. The maximum atomic E-state index is 12.6. The number of carbonyl (C=O) groups excluding carboxylic acids is 1. The molecule has 29 heavy (non-hydrogen) atoms. The molecule has 2 aromatic heterocycles. The average molecular weight is 390 g/mol. The SMILES string of the molecule is CCCc1c(C(=O)N/N=C\c2cccc3ccccc23)nnn1-c1nonc1N. The van der Waals surface area contributed by atoms with E-state index in [1.54, 1.807) is 6.21 Å². The zero-order chi connectivity index (χ0) is 20.2. The van der Waals surface area contributed by atoms with Gasteiger partial charge in [0.1, 0.15) is 0 Å². The van der Waals surface area contributed by atoms with Crippen LogP contribution in [0.2, 0.25) is 0 Å². The van der Waals surface area contributed by atoms with Crippen molar-refractivity contribution < 1.29 is 9.42 Å². The predicted molar refractivity (Wildman–Crippen MR) is 107 cm³/mol. The van der Waals surface area contributed by atoms with Gasteiger partial charge >= 0.3 is 0 Å². The van der Waals surface area contributed by atoms with Gasteiger partial charge in [0.05, 0.1) is 11.9 Å². The monoisotopic (exact) mass is 390 g/mol. The average Bonchev–Trinajstić information content (AvgIpc) is 3.34. The molecule has 0 spiro atoms. The minimum absolute atomic E-state index is 0.0631. The third-order valence-electron chi connectivity index (χ3n) is 4.35. The first-order chi connectivity index (χ1) is 14.2. The number of nitrogens with one attached hydrogen (secondary N) is 1. The van der Waals surface area contributed by atoms with Crippen molar-refractivity contribution in [3.05, 3.63) is 59.4 Å². The van der Waals surface area contributed by atoms with Gasteiger partial charge in [0.25, 0.3) is 5.91 Å². The van der Waals surface area contributed by atoms with Gasteiger partial charge in [-0.25, -0.2) is 10.1 Å². The highest BCUT2D eigenvalue weighted by Crippen LogP contribution is 2.18. The van der Waals surface area contributed by atoms with Crippen LogP contribution in [0.15, 0.2) is 52.2 Å². The number of aromatic nitrogens is 5. The highest BCUT2D eigenvalue weighted by atomic mass is 16.6. The molecule has 0 unspecified atom stereocenters. The molecule has 10 nitrogen and oxygen atoms in total. The molecule has 4 aromatic rings. The number of benzene rings is 2. The molecule has 0 fully saturated rings. The minimum Gasteiger partial charge on any atom is -0.378 e. The molecule has 0 saturated carbocycles. The molecule has 2 heterocycles. The van der Waals surface area contributed by atoms with Crippen LogP contribution < -0.4 is 11.2 Å². The van der Waals surface area contributed by atoms with Crippen molar-refractivity contribution in [2.75, 3.05) is 5.73 Å². The summed E-state index contributed by atoms with van der Waals surface area (Å²) < 4.78 is 5.97. The zero-order valence-corrected chi connectivity index (χ0v) is 15.6. The number of fused-ring (bicyclic) bond motifs is 1. The van der Waals surface area contributed by atoms with Gasteiger partial charge in [-0.3, -0.25) is 4.79 Å². The first-order valence-corrected chi connectivity index (χ1v) is 9.03. The van der Waals surface area contributed by atoms with Crippen molar-refractivity contribution in [1.29, 1.82) is 0 Å². The van der Waals surface area contributed by atoms with Crippen molar-refractivity contribution in [2.45, 2.75) is 19.8 Å². The first kappa shape index (κ1) is 18.3. The van der Waals surface area contributed by atoms with E-state index in [1.807, 2.05) is 49.4 Å². The van der Waals surface area contributed by atoms with Gasteiger partial charge < -0.3 is 5.73 Å². The normalized spacial score (nSPS) is 11.3. The summed E-state index contributed by atoms with van der Waals surface area (Å²) in [6.07, 6.45) is 2.90. The lowest BCUT2D eigenvalue weighted by Gasteiger charge is -2.04. The van der Waals surface area contributed by atoms with Gasteiger partial charge in [-0.15, -0.1) is 5.10 Å². The molecule has 10 heteroatoms. The fourth-order valence-corrected chi connectivity index (χ4v) is 3.02. The van der Waals surface area contributed by atoms with Gasteiger partial charge in [0.15, 0.2) is 5.69 Å². The van der Waals surface area contributed by atoms with E-state index in [1.165, 1.54) is 4.68 Å². The molecule has 0 aliphatic carbocycles. The molecule has 0 bridgehead atoms. The Morgan fingerprint density at radius 3 is 2.86 bits per heavy atom. The third-order valence-corrected chi connectivity index (χ3v) is 4.35. The van der Waals surface area contributed by atoms with Crippen molar-refractivity contribution in [3.8, 4) is 5.82 Å². The van der Waals surface area contributed by atoms with Crippen LogP contribution in [0.1, 0.15) is 35.1 Å². The summed E-state index contributed by atoms with van der Waals surface area (Å²) >= 11 is 0. The lowest BCUT2D eigenvalue weighted by molar-refractivity contribution is 0.0949. The van der Waals surface area contributed by atoms with Crippen LogP contribution in [0.4, 0.5) is 5.82 Å². The zero-order valence-electron chi connectivity index (χ0n) is 15.6. The van der Waals surface area contributed by atoms with Gasteiger partial charge in [-0.1, -0.05) is 61.0 Å². The Kier molecular flexibility index (Phi) is 4.97. The number of hydrogen-bond acceptors (Lipinski definition) is 8. The van der Waals surface area contributed by atoms with Crippen molar-refractivity contribution in [2.24, 2.45) is 5.10 Å². The molecule has 2 aromatic carbocycles. The summed E-state index contributed by atoms with van der Waals surface area (Å²) in [5, 5.41) is 21.4. The number of anilines is 1. The Balaban J connectivity index is 1.58. The molecule has 146 valence electrons. The van der Waals surface area contributed by atoms with E-state index in [2.05, 4.69) is 35.8 Å². The van der Waals surface area contributed by atoms with E-state index in [-0.39, 0.29) is 17.3 Å². The molecular weight excluding hydrogens is 372 g/mol. The Bertz CT molecular complexity index is 1190. The summed E-state index contributed by atoms with van der Waals surface area (Å²) in [4.78, 5) is 12.6. The maximum absolute atomic E-state index is 12.6. The number of rotatable bonds is 6.